The van der Waals surface area contributed by atoms with Gasteiger partial charge in [0.05, 0.1) is 5.69 Å². The maximum Gasteiger partial charge on any atom is 0.200 e. The normalized spacial score (nSPS) is 25.9. The predicted octanol–water partition coefficient (Wildman–Crippen LogP) is 2.99. The van der Waals surface area contributed by atoms with Crippen molar-refractivity contribution in [3.63, 3.8) is 0 Å². The Labute approximate surface area is 98.1 Å². The number of hydrogen-bond donors (Lipinski definition) is 1. The maximum absolute atomic E-state index is 5.83. The summed E-state index contributed by atoms with van der Waals surface area (Å²) in [5, 5.41) is 0. The molecule has 0 bridgehead atoms. The number of aryl methyl sites for hydroxylation is 2. The maximum atomic E-state index is 5.83. The van der Waals surface area contributed by atoms with E-state index in [-0.39, 0.29) is 0 Å². The Hall–Kier alpha value is -0.990. The average Bonchev–Trinajstić information content (AvgIpc) is 2.57. The first-order chi connectivity index (χ1) is 7.65. The third-order valence-corrected chi connectivity index (χ3v) is 3.84. The third kappa shape index (κ3) is 2.77. The molecule has 90 valence electrons. The minimum atomic E-state index is 0.668. The molecule has 0 atom stereocenters. The number of aromatic nitrogens is 2. The van der Waals surface area contributed by atoms with E-state index in [1.807, 2.05) is 6.92 Å². The summed E-state index contributed by atoms with van der Waals surface area (Å²) < 4.78 is 2.09. The summed E-state index contributed by atoms with van der Waals surface area (Å²) in [5.74, 6) is 2.51. The molecule has 2 rings (SSSR count). The molecule has 1 saturated carbocycles. The Kier molecular flexibility index (Phi) is 3.52. The summed E-state index contributed by atoms with van der Waals surface area (Å²) >= 11 is 0. The molecule has 1 heterocycles. The van der Waals surface area contributed by atoms with Crippen LogP contribution in [0.2, 0.25) is 0 Å². The van der Waals surface area contributed by atoms with E-state index in [9.17, 15) is 0 Å². The SMILES string of the molecule is Cc1cn(CCC2CCC(C)CC2)c(N)n1. The molecule has 0 unspecified atom stereocenters. The second kappa shape index (κ2) is 4.89. The minimum Gasteiger partial charge on any atom is -0.369 e. The van der Waals surface area contributed by atoms with E-state index in [0.717, 1.165) is 24.1 Å². The van der Waals surface area contributed by atoms with Crippen LogP contribution in [0.5, 0.6) is 0 Å². The van der Waals surface area contributed by atoms with Gasteiger partial charge in [0.25, 0.3) is 0 Å². The second-order valence-electron chi connectivity index (χ2n) is 5.35. The van der Waals surface area contributed by atoms with Crippen molar-refractivity contribution in [1.82, 2.24) is 9.55 Å². The summed E-state index contributed by atoms with van der Waals surface area (Å²) in [6.45, 7) is 5.40. The first kappa shape index (κ1) is 11.5. The van der Waals surface area contributed by atoms with Crippen LogP contribution in [0.15, 0.2) is 6.20 Å². The van der Waals surface area contributed by atoms with Crippen LogP contribution in [0.3, 0.4) is 0 Å². The topological polar surface area (TPSA) is 43.8 Å². The Balaban J connectivity index is 1.81. The molecular weight excluding hydrogens is 198 g/mol. The number of nitrogen functional groups attached to an aromatic ring is 1. The number of nitrogens with two attached hydrogens (primary N) is 1. The summed E-state index contributed by atoms with van der Waals surface area (Å²) in [7, 11) is 0. The van der Waals surface area contributed by atoms with Gasteiger partial charge in [0, 0.05) is 12.7 Å². The highest BCUT2D eigenvalue weighted by Gasteiger charge is 2.18. The molecule has 1 aliphatic rings. The quantitative estimate of drug-likeness (QED) is 0.852. The Morgan fingerprint density at radius 3 is 2.62 bits per heavy atom. The van der Waals surface area contributed by atoms with E-state index in [1.165, 1.54) is 32.1 Å². The Morgan fingerprint density at radius 1 is 1.38 bits per heavy atom. The molecule has 0 aromatic carbocycles. The zero-order valence-electron chi connectivity index (χ0n) is 10.4. The van der Waals surface area contributed by atoms with Gasteiger partial charge in [-0.25, -0.2) is 4.98 Å². The van der Waals surface area contributed by atoms with Crippen molar-refractivity contribution in [2.75, 3.05) is 5.73 Å². The molecule has 1 aromatic heterocycles. The van der Waals surface area contributed by atoms with Crippen molar-refractivity contribution in [3.8, 4) is 0 Å². The van der Waals surface area contributed by atoms with Crippen molar-refractivity contribution < 1.29 is 0 Å². The summed E-state index contributed by atoms with van der Waals surface area (Å²) in [6, 6.07) is 0. The largest absolute Gasteiger partial charge is 0.369 e. The monoisotopic (exact) mass is 221 g/mol. The van der Waals surface area contributed by atoms with Crippen molar-refractivity contribution in [2.45, 2.75) is 52.5 Å². The van der Waals surface area contributed by atoms with Gasteiger partial charge in [0.2, 0.25) is 0 Å². The molecule has 0 aliphatic heterocycles. The van der Waals surface area contributed by atoms with Crippen LogP contribution in [0, 0.1) is 18.8 Å². The molecular formula is C13H23N3. The molecule has 0 radical (unpaired) electrons. The van der Waals surface area contributed by atoms with Gasteiger partial charge in [-0.2, -0.15) is 0 Å². The highest BCUT2D eigenvalue weighted by atomic mass is 15.1. The fourth-order valence-corrected chi connectivity index (χ4v) is 2.68. The van der Waals surface area contributed by atoms with Crippen LogP contribution >= 0.6 is 0 Å². The van der Waals surface area contributed by atoms with Crippen LogP contribution in [-0.2, 0) is 6.54 Å². The molecule has 16 heavy (non-hydrogen) atoms. The van der Waals surface area contributed by atoms with Gasteiger partial charge < -0.3 is 10.3 Å². The van der Waals surface area contributed by atoms with Gasteiger partial charge in [-0.15, -0.1) is 0 Å². The van der Waals surface area contributed by atoms with Gasteiger partial charge >= 0.3 is 0 Å². The summed E-state index contributed by atoms with van der Waals surface area (Å²) in [5.41, 5.74) is 6.85. The number of hydrogen-bond acceptors (Lipinski definition) is 2. The molecule has 3 heteroatoms. The third-order valence-electron chi connectivity index (χ3n) is 3.84. The van der Waals surface area contributed by atoms with E-state index >= 15 is 0 Å². The van der Waals surface area contributed by atoms with Gasteiger partial charge in [-0.1, -0.05) is 32.6 Å². The van der Waals surface area contributed by atoms with Crippen molar-refractivity contribution in [2.24, 2.45) is 11.8 Å². The van der Waals surface area contributed by atoms with Crippen LogP contribution in [0.1, 0.15) is 44.7 Å². The zero-order valence-corrected chi connectivity index (χ0v) is 10.4. The standard InChI is InChI=1S/C13H23N3/c1-10-3-5-12(6-4-10)7-8-16-9-11(2)15-13(16)14/h9-10,12H,3-8H2,1-2H3,(H2,14,15). The van der Waals surface area contributed by atoms with Gasteiger partial charge in [-0.3, -0.25) is 0 Å². The molecule has 0 saturated heterocycles. The van der Waals surface area contributed by atoms with Gasteiger partial charge in [0.1, 0.15) is 0 Å². The fraction of sp³-hybridized carbons (Fsp3) is 0.769. The predicted molar refractivity (Wildman–Crippen MR) is 67.1 cm³/mol. The second-order valence-corrected chi connectivity index (χ2v) is 5.35. The highest BCUT2D eigenvalue weighted by Crippen LogP contribution is 2.30. The first-order valence-electron chi connectivity index (χ1n) is 6.44. The first-order valence-corrected chi connectivity index (χ1v) is 6.44. The average molecular weight is 221 g/mol. The molecule has 1 aromatic rings. The van der Waals surface area contributed by atoms with Crippen LogP contribution in [0.4, 0.5) is 5.95 Å². The van der Waals surface area contributed by atoms with Crippen molar-refractivity contribution in [3.05, 3.63) is 11.9 Å². The number of nitrogens with zero attached hydrogens (tertiary/aromatic N) is 2. The summed E-state index contributed by atoms with van der Waals surface area (Å²) in [6.07, 6.45) is 8.92. The van der Waals surface area contributed by atoms with E-state index in [0.29, 0.717) is 5.95 Å². The van der Waals surface area contributed by atoms with E-state index in [1.54, 1.807) is 0 Å². The van der Waals surface area contributed by atoms with Crippen molar-refractivity contribution >= 4 is 5.95 Å². The highest BCUT2D eigenvalue weighted by molar-refractivity contribution is 5.20. The van der Waals surface area contributed by atoms with E-state index in [4.69, 9.17) is 5.73 Å². The number of anilines is 1. The minimum absolute atomic E-state index is 0.668. The lowest BCUT2D eigenvalue weighted by Gasteiger charge is -2.26. The lowest BCUT2D eigenvalue weighted by Crippen LogP contribution is -2.14. The van der Waals surface area contributed by atoms with E-state index in [2.05, 4.69) is 22.7 Å². The molecule has 1 fully saturated rings. The number of rotatable bonds is 3. The lowest BCUT2D eigenvalue weighted by molar-refractivity contribution is 0.269. The molecule has 2 N–H and O–H groups in total. The van der Waals surface area contributed by atoms with Crippen LogP contribution in [-0.4, -0.2) is 9.55 Å². The van der Waals surface area contributed by atoms with Crippen LogP contribution in [0.25, 0.3) is 0 Å². The summed E-state index contributed by atoms with van der Waals surface area (Å²) in [4.78, 5) is 4.23. The smallest absolute Gasteiger partial charge is 0.200 e. The molecule has 0 spiro atoms. The zero-order chi connectivity index (χ0) is 11.5. The van der Waals surface area contributed by atoms with E-state index < -0.39 is 0 Å². The van der Waals surface area contributed by atoms with Crippen LogP contribution < -0.4 is 5.73 Å². The Bertz CT molecular complexity index is 335. The Morgan fingerprint density at radius 2 is 2.06 bits per heavy atom. The fourth-order valence-electron chi connectivity index (χ4n) is 2.68. The molecule has 0 amide bonds. The molecule has 3 nitrogen and oxygen atoms in total. The van der Waals surface area contributed by atoms with Gasteiger partial charge in [0.15, 0.2) is 5.95 Å². The number of imidazole rings is 1. The van der Waals surface area contributed by atoms with Crippen molar-refractivity contribution in [1.29, 1.82) is 0 Å². The molecule has 1 aliphatic carbocycles. The lowest BCUT2D eigenvalue weighted by atomic mass is 9.81. The van der Waals surface area contributed by atoms with Gasteiger partial charge in [-0.05, 0) is 25.2 Å².